The summed E-state index contributed by atoms with van der Waals surface area (Å²) in [5.74, 6) is -1.31. The molecule has 0 bridgehead atoms. The van der Waals surface area contributed by atoms with E-state index < -0.39 is 17.6 Å². The van der Waals surface area contributed by atoms with Crippen molar-refractivity contribution in [2.24, 2.45) is 0 Å². The molecule has 0 aliphatic carbocycles. The van der Waals surface area contributed by atoms with Crippen molar-refractivity contribution in [1.82, 2.24) is 10.2 Å². The van der Waals surface area contributed by atoms with E-state index in [0.29, 0.717) is 16.2 Å². The Morgan fingerprint density at radius 2 is 2.00 bits per heavy atom. The number of hydrogen-bond donors (Lipinski definition) is 1. The second-order valence-electron chi connectivity index (χ2n) is 4.03. The van der Waals surface area contributed by atoms with Gasteiger partial charge in [0.25, 0.3) is 0 Å². The van der Waals surface area contributed by atoms with Gasteiger partial charge in [-0.15, -0.1) is 10.2 Å². The van der Waals surface area contributed by atoms with E-state index in [4.69, 9.17) is 0 Å². The number of anilines is 1. The van der Waals surface area contributed by atoms with E-state index in [9.17, 15) is 17.6 Å². The van der Waals surface area contributed by atoms with E-state index in [2.05, 4.69) is 15.5 Å². The summed E-state index contributed by atoms with van der Waals surface area (Å²) in [4.78, 5) is 0. The number of benzene rings is 1. The predicted molar refractivity (Wildman–Crippen MR) is 69.1 cm³/mol. The van der Waals surface area contributed by atoms with Gasteiger partial charge in [-0.1, -0.05) is 24.3 Å². The molecule has 2 aromatic rings. The van der Waals surface area contributed by atoms with Gasteiger partial charge in [-0.3, -0.25) is 0 Å². The summed E-state index contributed by atoms with van der Waals surface area (Å²) >= 11 is 1.17. The van der Waals surface area contributed by atoms with Crippen LogP contribution in [-0.4, -0.2) is 16.7 Å². The highest BCUT2D eigenvalue weighted by Crippen LogP contribution is 2.34. The lowest BCUT2D eigenvalue weighted by Crippen LogP contribution is -2.07. The highest BCUT2D eigenvalue weighted by Gasteiger charge is 2.34. The Balaban J connectivity index is 2.25. The number of aromatic nitrogens is 2. The number of nitrogens with zero attached hydrogens (tertiary/aromatic N) is 2. The highest BCUT2D eigenvalue weighted by molar-refractivity contribution is 7.18. The van der Waals surface area contributed by atoms with Gasteiger partial charge in [0, 0.05) is 12.1 Å². The molecular formula is C12H11F4N3S. The largest absolute Gasteiger partial charge is 0.419 e. The summed E-state index contributed by atoms with van der Waals surface area (Å²) in [5.41, 5.74) is -1.01. The maximum absolute atomic E-state index is 13.5. The first-order chi connectivity index (χ1) is 9.41. The predicted octanol–water partition coefficient (Wildman–Crippen LogP) is 4.18. The van der Waals surface area contributed by atoms with Crippen molar-refractivity contribution in [3.8, 4) is 10.6 Å². The standard InChI is InChI=1S/C12H11F4N3S/c1-2-5-17-11-19-18-10(20-11)7-3-4-8(9(13)6-7)12(14,15)16/h3-4,6H,2,5H2,1H3,(H,17,19). The number of rotatable bonds is 4. The molecule has 2 rings (SSSR count). The average molecular weight is 305 g/mol. The summed E-state index contributed by atoms with van der Waals surface area (Å²) in [7, 11) is 0. The Bertz CT molecular complexity index is 595. The molecule has 0 spiro atoms. The Labute approximate surface area is 116 Å². The molecule has 0 amide bonds. The highest BCUT2D eigenvalue weighted by atomic mass is 32.1. The van der Waals surface area contributed by atoms with E-state index in [0.717, 1.165) is 19.0 Å². The van der Waals surface area contributed by atoms with Crippen molar-refractivity contribution in [1.29, 1.82) is 0 Å². The van der Waals surface area contributed by atoms with Crippen LogP contribution in [0.15, 0.2) is 18.2 Å². The lowest BCUT2D eigenvalue weighted by atomic mass is 10.1. The summed E-state index contributed by atoms with van der Waals surface area (Å²) < 4.78 is 50.8. The lowest BCUT2D eigenvalue weighted by Gasteiger charge is -2.08. The molecule has 0 atom stereocenters. The lowest BCUT2D eigenvalue weighted by molar-refractivity contribution is -0.139. The molecule has 0 unspecified atom stereocenters. The second kappa shape index (κ2) is 5.74. The molecule has 1 N–H and O–H groups in total. The molecular weight excluding hydrogens is 294 g/mol. The third-order valence-electron chi connectivity index (χ3n) is 2.47. The van der Waals surface area contributed by atoms with Gasteiger partial charge in [-0.05, 0) is 18.6 Å². The summed E-state index contributed by atoms with van der Waals surface area (Å²) in [6.07, 6.45) is -3.79. The quantitative estimate of drug-likeness (QED) is 0.861. The van der Waals surface area contributed by atoms with Gasteiger partial charge in [-0.25, -0.2) is 4.39 Å². The van der Waals surface area contributed by atoms with Crippen molar-refractivity contribution in [2.75, 3.05) is 11.9 Å². The molecule has 0 fully saturated rings. The van der Waals surface area contributed by atoms with Crippen LogP contribution in [0, 0.1) is 5.82 Å². The first kappa shape index (κ1) is 14.7. The van der Waals surface area contributed by atoms with E-state index in [-0.39, 0.29) is 5.56 Å². The maximum Gasteiger partial charge on any atom is 0.419 e. The van der Waals surface area contributed by atoms with Gasteiger partial charge in [0.05, 0.1) is 5.56 Å². The minimum Gasteiger partial charge on any atom is -0.360 e. The smallest absolute Gasteiger partial charge is 0.360 e. The average Bonchev–Trinajstić information content (AvgIpc) is 2.83. The van der Waals surface area contributed by atoms with Crippen molar-refractivity contribution < 1.29 is 17.6 Å². The zero-order valence-corrected chi connectivity index (χ0v) is 11.3. The topological polar surface area (TPSA) is 37.8 Å². The minimum absolute atomic E-state index is 0.276. The number of hydrogen-bond acceptors (Lipinski definition) is 4. The van der Waals surface area contributed by atoms with Crippen LogP contribution >= 0.6 is 11.3 Å². The fourth-order valence-corrected chi connectivity index (χ4v) is 2.29. The Morgan fingerprint density at radius 3 is 2.60 bits per heavy atom. The maximum atomic E-state index is 13.5. The van der Waals surface area contributed by atoms with Gasteiger partial charge in [0.2, 0.25) is 5.13 Å². The molecule has 1 aromatic carbocycles. The molecule has 8 heteroatoms. The zero-order chi connectivity index (χ0) is 14.8. The van der Waals surface area contributed by atoms with Crippen LogP contribution in [0.5, 0.6) is 0 Å². The number of halogens is 4. The summed E-state index contributed by atoms with van der Waals surface area (Å²) in [5, 5.41) is 11.6. The SMILES string of the molecule is CCCNc1nnc(-c2ccc(C(F)(F)F)c(F)c2)s1. The molecule has 0 radical (unpaired) electrons. The number of nitrogens with one attached hydrogen (secondary N) is 1. The van der Waals surface area contributed by atoms with Gasteiger partial charge in [0.1, 0.15) is 10.8 Å². The van der Waals surface area contributed by atoms with E-state index in [1.165, 1.54) is 17.4 Å². The molecule has 0 aliphatic heterocycles. The molecule has 0 aliphatic rings. The zero-order valence-electron chi connectivity index (χ0n) is 10.5. The van der Waals surface area contributed by atoms with Crippen LogP contribution in [0.2, 0.25) is 0 Å². The Kier molecular flexibility index (Phi) is 4.22. The second-order valence-corrected chi connectivity index (χ2v) is 5.01. The van der Waals surface area contributed by atoms with Gasteiger partial charge < -0.3 is 5.32 Å². The van der Waals surface area contributed by atoms with E-state index >= 15 is 0 Å². The molecule has 3 nitrogen and oxygen atoms in total. The molecule has 0 saturated heterocycles. The van der Waals surface area contributed by atoms with Crippen LogP contribution in [0.3, 0.4) is 0 Å². The van der Waals surface area contributed by atoms with Gasteiger partial charge in [-0.2, -0.15) is 13.2 Å². The summed E-state index contributed by atoms with van der Waals surface area (Å²) in [6.45, 7) is 2.70. The third-order valence-corrected chi connectivity index (χ3v) is 3.40. The molecule has 108 valence electrons. The van der Waals surface area contributed by atoms with Crippen LogP contribution in [0.4, 0.5) is 22.7 Å². The first-order valence-electron chi connectivity index (χ1n) is 5.86. The normalized spacial score (nSPS) is 11.7. The van der Waals surface area contributed by atoms with Gasteiger partial charge >= 0.3 is 6.18 Å². The fourth-order valence-electron chi connectivity index (χ4n) is 1.52. The fraction of sp³-hybridized carbons (Fsp3) is 0.333. The van der Waals surface area contributed by atoms with Crippen molar-refractivity contribution in [3.05, 3.63) is 29.6 Å². The first-order valence-corrected chi connectivity index (χ1v) is 6.68. The van der Waals surface area contributed by atoms with Crippen LogP contribution in [0.1, 0.15) is 18.9 Å². The summed E-state index contributed by atoms with van der Waals surface area (Å²) in [6, 6.07) is 2.73. The monoisotopic (exact) mass is 305 g/mol. The Morgan fingerprint density at radius 1 is 1.25 bits per heavy atom. The van der Waals surface area contributed by atoms with E-state index in [1.807, 2.05) is 6.92 Å². The molecule has 1 heterocycles. The van der Waals surface area contributed by atoms with Gasteiger partial charge in [0.15, 0.2) is 0 Å². The third kappa shape index (κ3) is 3.24. The van der Waals surface area contributed by atoms with Crippen molar-refractivity contribution in [3.63, 3.8) is 0 Å². The van der Waals surface area contributed by atoms with Crippen LogP contribution in [0.25, 0.3) is 10.6 Å². The number of alkyl halides is 3. The van der Waals surface area contributed by atoms with Crippen molar-refractivity contribution >= 4 is 16.5 Å². The van der Waals surface area contributed by atoms with Crippen LogP contribution in [-0.2, 0) is 6.18 Å². The Hall–Kier alpha value is -1.70. The molecule has 20 heavy (non-hydrogen) atoms. The van der Waals surface area contributed by atoms with Crippen molar-refractivity contribution in [2.45, 2.75) is 19.5 Å². The molecule has 1 aromatic heterocycles. The van der Waals surface area contributed by atoms with E-state index in [1.54, 1.807) is 0 Å². The van der Waals surface area contributed by atoms with Crippen LogP contribution < -0.4 is 5.32 Å². The molecule has 0 saturated carbocycles. The minimum atomic E-state index is -4.70.